The number of aromatic nitrogens is 2. The van der Waals surface area contributed by atoms with Gasteiger partial charge in [-0.05, 0) is 32.4 Å². The first-order valence-corrected chi connectivity index (χ1v) is 7.49. The van der Waals surface area contributed by atoms with Crippen LogP contribution >= 0.6 is 0 Å². The van der Waals surface area contributed by atoms with Crippen LogP contribution in [0.1, 0.15) is 43.8 Å². The molecular weight excluding hydrogens is 264 g/mol. The van der Waals surface area contributed by atoms with Gasteiger partial charge in [0.2, 0.25) is 0 Å². The highest BCUT2D eigenvalue weighted by Gasteiger charge is 2.21. The molecule has 1 aromatic carbocycles. The van der Waals surface area contributed by atoms with Crippen molar-refractivity contribution in [2.75, 3.05) is 6.61 Å². The average Bonchev–Trinajstić information content (AvgIpc) is 2.93. The van der Waals surface area contributed by atoms with Crippen LogP contribution in [0.3, 0.4) is 0 Å². The zero-order valence-electron chi connectivity index (χ0n) is 13.0. The lowest BCUT2D eigenvalue weighted by molar-refractivity contribution is 0.332. The summed E-state index contributed by atoms with van der Waals surface area (Å²) in [7, 11) is 0. The maximum absolute atomic E-state index is 5.83. The number of rotatable bonds is 7. The zero-order valence-corrected chi connectivity index (χ0v) is 13.0. The molecule has 0 aliphatic rings. The fourth-order valence-electron chi connectivity index (χ4n) is 2.49. The second-order valence-electron chi connectivity index (χ2n) is 4.80. The van der Waals surface area contributed by atoms with Crippen molar-refractivity contribution in [3.8, 4) is 5.75 Å². The Morgan fingerprint density at radius 1 is 1.29 bits per heavy atom. The van der Waals surface area contributed by atoms with E-state index < -0.39 is 0 Å². The van der Waals surface area contributed by atoms with Gasteiger partial charge in [0.05, 0.1) is 24.0 Å². The van der Waals surface area contributed by atoms with E-state index in [2.05, 4.69) is 30.4 Å². The van der Waals surface area contributed by atoms with Crippen molar-refractivity contribution in [3.05, 3.63) is 47.3 Å². The van der Waals surface area contributed by atoms with E-state index in [-0.39, 0.29) is 6.04 Å². The maximum Gasteiger partial charge on any atom is 0.124 e. The Kier molecular flexibility index (Phi) is 5.36. The number of ether oxygens (including phenoxy) is 1. The van der Waals surface area contributed by atoms with Crippen molar-refractivity contribution >= 4 is 0 Å². The summed E-state index contributed by atoms with van der Waals surface area (Å²) in [5.74, 6) is 6.68. The van der Waals surface area contributed by atoms with Crippen LogP contribution in [-0.4, -0.2) is 16.4 Å². The Balaban J connectivity index is 2.46. The van der Waals surface area contributed by atoms with Crippen LogP contribution in [0.15, 0.2) is 30.3 Å². The highest BCUT2D eigenvalue weighted by molar-refractivity contribution is 5.40. The number of para-hydroxylation sites is 1. The lowest BCUT2D eigenvalue weighted by Crippen LogP contribution is -2.31. The first-order chi connectivity index (χ1) is 10.2. The van der Waals surface area contributed by atoms with Gasteiger partial charge < -0.3 is 4.74 Å². The lowest BCUT2D eigenvalue weighted by Gasteiger charge is -2.20. The van der Waals surface area contributed by atoms with Gasteiger partial charge in [-0.3, -0.25) is 10.5 Å². The largest absolute Gasteiger partial charge is 0.494 e. The van der Waals surface area contributed by atoms with E-state index in [1.807, 2.05) is 35.9 Å². The highest BCUT2D eigenvalue weighted by Crippen LogP contribution is 2.30. The molecule has 1 unspecified atom stereocenters. The minimum Gasteiger partial charge on any atom is -0.494 e. The molecule has 0 amide bonds. The summed E-state index contributed by atoms with van der Waals surface area (Å²) in [6.07, 6.45) is 0.907. The molecule has 2 aromatic rings. The molecule has 5 nitrogen and oxygen atoms in total. The lowest BCUT2D eigenvalue weighted by atomic mass is 10.0. The highest BCUT2D eigenvalue weighted by atomic mass is 16.5. The Morgan fingerprint density at radius 3 is 2.67 bits per heavy atom. The molecule has 0 spiro atoms. The number of hydrogen-bond donors (Lipinski definition) is 2. The zero-order chi connectivity index (χ0) is 15.2. The predicted molar refractivity (Wildman–Crippen MR) is 84.1 cm³/mol. The fraction of sp³-hybridized carbons (Fsp3) is 0.438. The standard InChI is InChI=1S/C16H24N4O/c1-4-12-11-14(20(5-2)19-12)16(18-17)13-9-7-8-10-15(13)21-6-3/h7-11,16,18H,4-6,17H2,1-3H3. The minimum absolute atomic E-state index is 0.138. The SMILES string of the molecule is CCOc1ccccc1C(NN)c1cc(CC)nn1CC. The van der Waals surface area contributed by atoms with E-state index in [0.29, 0.717) is 6.61 Å². The van der Waals surface area contributed by atoms with Gasteiger partial charge in [0.15, 0.2) is 0 Å². The topological polar surface area (TPSA) is 65.1 Å². The van der Waals surface area contributed by atoms with E-state index in [4.69, 9.17) is 10.6 Å². The summed E-state index contributed by atoms with van der Waals surface area (Å²) in [5.41, 5.74) is 6.06. The molecule has 1 aromatic heterocycles. The quantitative estimate of drug-likeness (QED) is 0.606. The summed E-state index contributed by atoms with van der Waals surface area (Å²) in [6.45, 7) is 7.60. The molecule has 114 valence electrons. The molecule has 21 heavy (non-hydrogen) atoms. The first kappa shape index (κ1) is 15.5. The van der Waals surface area contributed by atoms with Crippen molar-refractivity contribution < 1.29 is 4.74 Å². The van der Waals surface area contributed by atoms with Crippen LogP contribution in [0.5, 0.6) is 5.75 Å². The van der Waals surface area contributed by atoms with Gasteiger partial charge in [-0.2, -0.15) is 5.10 Å². The third-order valence-electron chi connectivity index (χ3n) is 3.52. The Bertz CT molecular complexity index is 579. The number of hydrogen-bond acceptors (Lipinski definition) is 4. The third kappa shape index (κ3) is 3.25. The number of nitrogens with zero attached hydrogens (tertiary/aromatic N) is 2. The summed E-state index contributed by atoms with van der Waals surface area (Å²) in [5, 5.41) is 4.60. The number of nitrogens with two attached hydrogens (primary N) is 1. The van der Waals surface area contributed by atoms with E-state index in [1.54, 1.807) is 0 Å². The number of aryl methyl sites for hydroxylation is 2. The molecule has 0 saturated carbocycles. The van der Waals surface area contributed by atoms with Gasteiger partial charge in [0.25, 0.3) is 0 Å². The van der Waals surface area contributed by atoms with Gasteiger partial charge in [-0.25, -0.2) is 5.43 Å². The van der Waals surface area contributed by atoms with E-state index in [9.17, 15) is 0 Å². The smallest absolute Gasteiger partial charge is 0.124 e. The molecule has 0 saturated heterocycles. The van der Waals surface area contributed by atoms with Crippen LogP contribution in [0.2, 0.25) is 0 Å². The number of hydrazine groups is 1. The van der Waals surface area contributed by atoms with Crippen LogP contribution in [0.25, 0.3) is 0 Å². The molecule has 1 heterocycles. The first-order valence-electron chi connectivity index (χ1n) is 7.49. The molecule has 2 rings (SSSR count). The van der Waals surface area contributed by atoms with Gasteiger partial charge >= 0.3 is 0 Å². The van der Waals surface area contributed by atoms with Gasteiger partial charge in [0.1, 0.15) is 5.75 Å². The minimum atomic E-state index is -0.138. The molecule has 0 bridgehead atoms. The van der Waals surface area contributed by atoms with Crippen LogP contribution in [0.4, 0.5) is 0 Å². The van der Waals surface area contributed by atoms with Crippen molar-refractivity contribution in [3.63, 3.8) is 0 Å². The molecule has 0 aliphatic heterocycles. The number of nitrogens with one attached hydrogen (secondary N) is 1. The monoisotopic (exact) mass is 288 g/mol. The van der Waals surface area contributed by atoms with E-state index in [1.165, 1.54) is 0 Å². The summed E-state index contributed by atoms with van der Waals surface area (Å²) < 4.78 is 7.71. The average molecular weight is 288 g/mol. The van der Waals surface area contributed by atoms with Crippen molar-refractivity contribution in [2.24, 2.45) is 5.84 Å². The van der Waals surface area contributed by atoms with Crippen LogP contribution in [-0.2, 0) is 13.0 Å². The molecule has 3 N–H and O–H groups in total. The van der Waals surface area contributed by atoms with E-state index >= 15 is 0 Å². The molecule has 0 fully saturated rings. The van der Waals surface area contributed by atoms with Gasteiger partial charge in [-0.15, -0.1) is 0 Å². The van der Waals surface area contributed by atoms with Crippen LogP contribution in [0, 0.1) is 0 Å². The molecular formula is C16H24N4O. The Morgan fingerprint density at radius 2 is 2.05 bits per heavy atom. The maximum atomic E-state index is 5.83. The Labute approximate surface area is 126 Å². The summed E-state index contributed by atoms with van der Waals surface area (Å²) in [6, 6.07) is 9.94. The fourth-order valence-corrected chi connectivity index (χ4v) is 2.49. The second kappa shape index (κ2) is 7.24. The normalized spacial score (nSPS) is 12.4. The predicted octanol–water partition coefficient (Wildman–Crippen LogP) is 2.42. The van der Waals surface area contributed by atoms with Gasteiger partial charge in [0, 0.05) is 12.1 Å². The summed E-state index contributed by atoms with van der Waals surface area (Å²) in [4.78, 5) is 0. The van der Waals surface area contributed by atoms with Crippen molar-refractivity contribution in [1.29, 1.82) is 0 Å². The second-order valence-corrected chi connectivity index (χ2v) is 4.80. The Hall–Kier alpha value is -1.85. The molecule has 0 aliphatic carbocycles. The molecule has 0 radical (unpaired) electrons. The third-order valence-corrected chi connectivity index (χ3v) is 3.52. The van der Waals surface area contributed by atoms with Gasteiger partial charge in [-0.1, -0.05) is 25.1 Å². The molecule has 5 heteroatoms. The number of benzene rings is 1. The van der Waals surface area contributed by atoms with Crippen molar-refractivity contribution in [2.45, 2.75) is 39.8 Å². The van der Waals surface area contributed by atoms with E-state index in [0.717, 1.165) is 35.7 Å². The summed E-state index contributed by atoms with van der Waals surface area (Å²) >= 11 is 0. The van der Waals surface area contributed by atoms with Crippen LogP contribution < -0.4 is 16.0 Å². The molecule has 1 atom stereocenters. The van der Waals surface area contributed by atoms with Crippen molar-refractivity contribution in [1.82, 2.24) is 15.2 Å².